The van der Waals surface area contributed by atoms with Crippen molar-refractivity contribution in [1.29, 1.82) is 0 Å². The van der Waals surface area contributed by atoms with E-state index in [4.69, 9.17) is 0 Å². The predicted molar refractivity (Wildman–Crippen MR) is 244 cm³/mol. The molecule has 0 spiro atoms. The lowest BCUT2D eigenvalue weighted by molar-refractivity contribution is 0.00761. The number of nitrogens with one attached hydrogen (secondary N) is 1. The number of piperidine rings is 1. The van der Waals surface area contributed by atoms with Crippen LogP contribution in [0.25, 0.3) is 0 Å². The van der Waals surface area contributed by atoms with E-state index in [-0.39, 0.29) is 0 Å². The first-order valence-electron chi connectivity index (χ1n) is 26.3. The van der Waals surface area contributed by atoms with E-state index >= 15 is 0 Å². The highest BCUT2D eigenvalue weighted by Gasteiger charge is 2.44. The maximum Gasteiger partial charge on any atom is 0.0600 e. The minimum absolute atomic E-state index is 0.665. The third-order valence-corrected chi connectivity index (χ3v) is 17.8. The lowest BCUT2D eigenvalue weighted by Crippen LogP contribution is -2.45. The molecule has 2 aliphatic carbocycles. The van der Waals surface area contributed by atoms with Crippen LogP contribution in [0.1, 0.15) is 236 Å². The minimum Gasteiger partial charge on any atom is -0.297 e. The van der Waals surface area contributed by atoms with Crippen molar-refractivity contribution in [3.05, 3.63) is 0 Å². The Labute approximate surface area is 347 Å². The first kappa shape index (κ1) is 47.6. The van der Waals surface area contributed by atoms with E-state index in [9.17, 15) is 0 Å². The molecule has 55 heavy (non-hydrogen) atoms. The fourth-order valence-electron chi connectivity index (χ4n) is 15.1. The molecule has 0 aromatic heterocycles. The molecule has 4 fully saturated rings. The van der Waals surface area contributed by atoms with Gasteiger partial charge in [-0.1, -0.05) is 217 Å². The Morgan fingerprint density at radius 2 is 0.964 bits per heavy atom. The van der Waals surface area contributed by atoms with Crippen LogP contribution in [0.3, 0.4) is 0 Å². The summed E-state index contributed by atoms with van der Waals surface area (Å²) >= 11 is 0. The maximum absolute atomic E-state index is 4.20. The lowest BCUT2D eigenvalue weighted by atomic mass is 9.57. The van der Waals surface area contributed by atoms with Crippen molar-refractivity contribution in [2.75, 3.05) is 13.1 Å². The molecule has 2 saturated carbocycles. The molecule has 1 N–H and O–H groups in total. The minimum atomic E-state index is 0.665. The number of fused-ring (bicyclic) bond motifs is 1. The Bertz CT molecular complexity index is 965. The van der Waals surface area contributed by atoms with Crippen molar-refractivity contribution in [3.63, 3.8) is 0 Å². The average Bonchev–Trinajstić information content (AvgIpc) is 3.66. The van der Waals surface area contributed by atoms with Crippen molar-refractivity contribution in [2.24, 2.45) is 76.9 Å². The van der Waals surface area contributed by atoms with Gasteiger partial charge in [0.25, 0.3) is 0 Å². The van der Waals surface area contributed by atoms with Gasteiger partial charge in [-0.05, 0) is 96.2 Å². The van der Waals surface area contributed by atoms with Gasteiger partial charge in [-0.15, -0.1) is 0 Å². The van der Waals surface area contributed by atoms with E-state index in [0.717, 1.165) is 76.9 Å². The van der Waals surface area contributed by atoms with Crippen molar-refractivity contribution in [2.45, 2.75) is 248 Å². The second-order valence-electron chi connectivity index (χ2n) is 21.0. The zero-order chi connectivity index (χ0) is 39.7. The van der Waals surface area contributed by atoms with Gasteiger partial charge in [-0.3, -0.25) is 10.2 Å². The Hall–Kier alpha value is -0.0800. The Kier molecular flexibility index (Phi) is 22.1. The Morgan fingerprint density at radius 3 is 1.51 bits per heavy atom. The van der Waals surface area contributed by atoms with E-state index in [1.54, 1.807) is 0 Å². The van der Waals surface area contributed by atoms with Gasteiger partial charge in [0.1, 0.15) is 0 Å². The SMILES string of the molecule is CCCC(C(C)CCC(C)C1CN2CC(C3CCCCC3)CCC2N1)C(CC)C(CC)C(CCC)C(CCC)C(CC)C(CC)C(CCC)C1CCCCC1. The molecule has 0 radical (unpaired) electrons. The van der Waals surface area contributed by atoms with Crippen molar-refractivity contribution in [1.82, 2.24) is 10.2 Å². The highest BCUT2D eigenvalue weighted by Crippen LogP contribution is 2.51. The molecule has 2 saturated heterocycles. The molecule has 4 aliphatic rings. The third-order valence-electron chi connectivity index (χ3n) is 17.8. The standard InChI is InChI=1S/C53H102N2/c1-11-25-48(39(9)33-34-40(10)52-38-55-37-43(35-36-53(55)54-52)41-29-21-19-22-30-41)44(15-5)46(17-7)50(27-13-3)51(28-14-4)47(18-8)45(16-6)49(26-12-2)42-31-23-20-24-32-42/h39-54H,11-38H2,1-10H3. The molecule has 4 rings (SSSR count). The first-order chi connectivity index (χ1) is 26.8. The van der Waals surface area contributed by atoms with Gasteiger partial charge in [0.05, 0.1) is 6.17 Å². The summed E-state index contributed by atoms with van der Waals surface area (Å²) in [5.41, 5.74) is 0. The van der Waals surface area contributed by atoms with Gasteiger partial charge in [0, 0.05) is 19.1 Å². The molecule has 0 aromatic rings. The Morgan fingerprint density at radius 1 is 0.455 bits per heavy atom. The van der Waals surface area contributed by atoms with Gasteiger partial charge >= 0.3 is 0 Å². The van der Waals surface area contributed by atoms with Crippen LogP contribution in [0.5, 0.6) is 0 Å². The van der Waals surface area contributed by atoms with E-state index < -0.39 is 0 Å². The van der Waals surface area contributed by atoms with E-state index in [1.165, 1.54) is 180 Å². The zero-order valence-corrected chi connectivity index (χ0v) is 39.4. The highest BCUT2D eigenvalue weighted by molar-refractivity contribution is 4.96. The van der Waals surface area contributed by atoms with Crippen LogP contribution < -0.4 is 5.32 Å². The summed E-state index contributed by atoms with van der Waals surface area (Å²) in [5, 5.41) is 4.20. The summed E-state index contributed by atoms with van der Waals surface area (Å²) in [6.45, 7) is 28.5. The average molecular weight is 767 g/mol. The lowest BCUT2D eigenvalue weighted by Gasteiger charge is -2.48. The topological polar surface area (TPSA) is 15.3 Å². The van der Waals surface area contributed by atoms with Gasteiger partial charge in [0.2, 0.25) is 0 Å². The van der Waals surface area contributed by atoms with Crippen LogP contribution in [0.15, 0.2) is 0 Å². The molecule has 324 valence electrons. The highest BCUT2D eigenvalue weighted by atomic mass is 15.3. The van der Waals surface area contributed by atoms with Crippen molar-refractivity contribution in [3.8, 4) is 0 Å². The molecule has 0 amide bonds. The summed E-state index contributed by atoms with van der Waals surface area (Å²) in [7, 11) is 0. The number of rotatable bonds is 26. The molecule has 2 heterocycles. The largest absolute Gasteiger partial charge is 0.297 e. The summed E-state index contributed by atoms with van der Waals surface area (Å²) in [5.74, 6) is 11.9. The fourth-order valence-corrected chi connectivity index (χ4v) is 15.1. The van der Waals surface area contributed by atoms with E-state index in [0.29, 0.717) is 12.2 Å². The van der Waals surface area contributed by atoms with Crippen LogP contribution in [0, 0.1) is 76.9 Å². The van der Waals surface area contributed by atoms with Crippen molar-refractivity contribution >= 4 is 0 Å². The summed E-state index contributed by atoms with van der Waals surface area (Å²) in [6, 6.07) is 0.698. The summed E-state index contributed by atoms with van der Waals surface area (Å²) < 4.78 is 0. The number of hydrogen-bond donors (Lipinski definition) is 1. The van der Waals surface area contributed by atoms with Gasteiger partial charge < -0.3 is 0 Å². The molecule has 2 heteroatoms. The molecule has 13 atom stereocenters. The van der Waals surface area contributed by atoms with Gasteiger partial charge in [0.15, 0.2) is 0 Å². The molecule has 0 bridgehead atoms. The number of nitrogens with zero attached hydrogens (tertiary/aromatic N) is 1. The second kappa shape index (κ2) is 25.5. The molecule has 2 nitrogen and oxygen atoms in total. The van der Waals surface area contributed by atoms with Gasteiger partial charge in [-0.2, -0.15) is 0 Å². The predicted octanol–water partition coefficient (Wildman–Crippen LogP) is 16.0. The molecular weight excluding hydrogens is 665 g/mol. The summed E-state index contributed by atoms with van der Waals surface area (Å²) in [6.07, 6.45) is 38.3. The fraction of sp³-hybridized carbons (Fsp3) is 1.00. The summed E-state index contributed by atoms with van der Waals surface area (Å²) in [4.78, 5) is 2.90. The van der Waals surface area contributed by atoms with Crippen LogP contribution in [0.4, 0.5) is 0 Å². The maximum atomic E-state index is 4.20. The molecule has 2 aliphatic heterocycles. The smallest absolute Gasteiger partial charge is 0.0600 e. The quantitative estimate of drug-likeness (QED) is 0.0943. The van der Waals surface area contributed by atoms with Crippen LogP contribution in [0.2, 0.25) is 0 Å². The van der Waals surface area contributed by atoms with E-state index in [1.807, 2.05) is 0 Å². The zero-order valence-electron chi connectivity index (χ0n) is 39.4. The third kappa shape index (κ3) is 13.0. The molecular formula is C53H102N2. The van der Waals surface area contributed by atoms with Crippen molar-refractivity contribution < 1.29 is 0 Å². The van der Waals surface area contributed by atoms with Crippen LogP contribution in [-0.2, 0) is 0 Å². The first-order valence-corrected chi connectivity index (χ1v) is 26.3. The normalized spacial score (nSPS) is 28.8. The van der Waals surface area contributed by atoms with Gasteiger partial charge in [-0.25, -0.2) is 0 Å². The van der Waals surface area contributed by atoms with E-state index in [2.05, 4.69) is 79.5 Å². The van der Waals surface area contributed by atoms with Crippen LogP contribution in [-0.4, -0.2) is 30.2 Å². The number of hydrogen-bond acceptors (Lipinski definition) is 2. The Balaban J connectivity index is 1.47. The van der Waals surface area contributed by atoms with Crippen LogP contribution >= 0.6 is 0 Å². The molecule has 13 unspecified atom stereocenters. The monoisotopic (exact) mass is 767 g/mol. The second-order valence-corrected chi connectivity index (χ2v) is 21.0. The molecule has 0 aromatic carbocycles.